The van der Waals surface area contributed by atoms with Crippen molar-refractivity contribution in [3.63, 3.8) is 0 Å². The number of carboxylic acids is 1. The summed E-state index contributed by atoms with van der Waals surface area (Å²) in [6.45, 7) is 2.65. The number of carbonyl (C=O) groups excluding carboxylic acids is 1. The van der Waals surface area contributed by atoms with E-state index in [-0.39, 0.29) is 12.5 Å². The van der Waals surface area contributed by atoms with Gasteiger partial charge < -0.3 is 14.9 Å². The second-order valence-electron chi connectivity index (χ2n) is 4.72. The maximum Gasteiger partial charge on any atom is 0.323 e. The zero-order chi connectivity index (χ0) is 15.1. The van der Waals surface area contributed by atoms with Crippen molar-refractivity contribution >= 4 is 23.4 Å². The van der Waals surface area contributed by atoms with Gasteiger partial charge in [-0.2, -0.15) is 0 Å². The lowest BCUT2D eigenvalue weighted by atomic mass is 10.2. The van der Waals surface area contributed by atoms with Crippen LogP contribution in [0.2, 0.25) is 0 Å². The molecule has 0 aliphatic heterocycles. The first-order valence-corrected chi connectivity index (χ1v) is 7.20. The van der Waals surface area contributed by atoms with Crippen LogP contribution in [-0.4, -0.2) is 70.1 Å². The smallest absolute Gasteiger partial charge is 0.323 e. The Balaban J connectivity index is 2.85. The lowest BCUT2D eigenvalue weighted by Gasteiger charge is -2.22. The summed E-state index contributed by atoms with van der Waals surface area (Å²) < 4.78 is 3.80. The van der Waals surface area contributed by atoms with Gasteiger partial charge in [0.15, 0.2) is 0 Å². The number of hydrogen-bond donors (Lipinski definition) is 1. The molecule has 20 heavy (non-hydrogen) atoms. The van der Waals surface area contributed by atoms with Gasteiger partial charge in [-0.05, 0) is 32.0 Å². The largest absolute Gasteiger partial charge is 0.480 e. The fraction of sp³-hybridized carbons (Fsp3) is 0.667. The molecule has 0 atom stereocenters. The van der Waals surface area contributed by atoms with E-state index in [1.807, 2.05) is 25.9 Å². The average Bonchev–Trinajstić information content (AvgIpc) is 2.81. The van der Waals surface area contributed by atoms with Gasteiger partial charge in [-0.25, -0.2) is 0 Å². The number of nitrogens with zero attached hydrogens (tertiary/aromatic N) is 4. The minimum Gasteiger partial charge on any atom is -0.480 e. The normalized spacial score (nSPS) is 10.8. The Morgan fingerprint density at radius 1 is 1.30 bits per heavy atom. The summed E-state index contributed by atoms with van der Waals surface area (Å²) in [5.41, 5.74) is 0.655. The predicted octanol–water partition coefficient (Wildman–Crippen LogP) is 0.579. The Morgan fingerprint density at radius 3 is 2.55 bits per heavy atom. The summed E-state index contributed by atoms with van der Waals surface area (Å²) in [6.07, 6.45) is 1.54. The molecule has 7 nitrogen and oxygen atoms in total. The maximum atomic E-state index is 12.4. The fourth-order valence-corrected chi connectivity index (χ4v) is 2.33. The molecule has 0 radical (unpaired) electrons. The molecule has 1 aromatic rings. The van der Waals surface area contributed by atoms with Gasteiger partial charge in [-0.15, -0.1) is 5.10 Å². The van der Waals surface area contributed by atoms with Crippen molar-refractivity contribution in [2.24, 2.45) is 0 Å². The lowest BCUT2D eigenvalue weighted by molar-refractivity contribution is -0.137. The van der Waals surface area contributed by atoms with E-state index in [9.17, 15) is 9.59 Å². The molecule has 8 heteroatoms. The van der Waals surface area contributed by atoms with Crippen LogP contribution in [0, 0.1) is 0 Å². The Labute approximate surface area is 122 Å². The van der Waals surface area contributed by atoms with Crippen LogP contribution in [0.5, 0.6) is 0 Å². The number of carboxylic acid groups (broad SMARTS) is 1. The van der Waals surface area contributed by atoms with Gasteiger partial charge in [0.1, 0.15) is 11.4 Å². The van der Waals surface area contributed by atoms with Crippen LogP contribution in [0.4, 0.5) is 0 Å². The number of likely N-dealkylation sites (N-methyl/N-ethyl adjacent to an activating group) is 1. The summed E-state index contributed by atoms with van der Waals surface area (Å²) in [4.78, 5) is 27.0. The summed E-state index contributed by atoms with van der Waals surface area (Å²) in [5, 5.41) is 12.9. The first-order valence-electron chi connectivity index (χ1n) is 6.42. The highest BCUT2D eigenvalue weighted by molar-refractivity contribution is 7.08. The van der Waals surface area contributed by atoms with Gasteiger partial charge in [0.25, 0.3) is 5.91 Å². The minimum atomic E-state index is -1.02. The highest BCUT2D eigenvalue weighted by Crippen LogP contribution is 2.15. The Hall–Kier alpha value is -1.54. The minimum absolute atomic E-state index is 0.298. The molecular weight excluding hydrogens is 280 g/mol. The second kappa shape index (κ2) is 7.91. The van der Waals surface area contributed by atoms with Crippen molar-refractivity contribution in [1.29, 1.82) is 0 Å². The molecule has 0 saturated heterocycles. The van der Waals surface area contributed by atoms with Gasteiger partial charge in [-0.3, -0.25) is 9.59 Å². The quantitative estimate of drug-likeness (QED) is 0.755. The molecule has 1 amide bonds. The number of rotatable bonds is 8. The molecule has 1 heterocycles. The molecule has 0 aliphatic carbocycles. The lowest BCUT2D eigenvalue weighted by Crippen LogP contribution is -2.40. The molecule has 0 bridgehead atoms. The molecule has 112 valence electrons. The number of aromatic nitrogens is 2. The zero-order valence-corrected chi connectivity index (χ0v) is 12.8. The van der Waals surface area contributed by atoms with Gasteiger partial charge in [0.2, 0.25) is 0 Å². The molecular formula is C12H20N4O3S. The molecule has 0 fully saturated rings. The second-order valence-corrected chi connectivity index (χ2v) is 5.48. The van der Waals surface area contributed by atoms with Crippen molar-refractivity contribution in [3.05, 3.63) is 10.6 Å². The third-order valence-electron chi connectivity index (χ3n) is 2.67. The van der Waals surface area contributed by atoms with E-state index < -0.39 is 5.97 Å². The van der Waals surface area contributed by atoms with Crippen LogP contribution in [0.15, 0.2) is 0 Å². The number of hydrogen-bond acceptors (Lipinski definition) is 6. The molecule has 0 spiro atoms. The number of amides is 1. The third-order valence-corrected chi connectivity index (χ3v) is 3.42. The van der Waals surface area contributed by atoms with E-state index in [4.69, 9.17) is 5.11 Å². The average molecular weight is 300 g/mol. The van der Waals surface area contributed by atoms with Crippen LogP contribution >= 0.6 is 11.5 Å². The number of aryl methyl sites for hydroxylation is 1. The fourth-order valence-electron chi connectivity index (χ4n) is 1.65. The Morgan fingerprint density at radius 2 is 2.00 bits per heavy atom. The third kappa shape index (κ3) is 4.86. The van der Waals surface area contributed by atoms with Crippen LogP contribution in [-0.2, 0) is 11.2 Å². The van der Waals surface area contributed by atoms with E-state index in [1.165, 1.54) is 4.90 Å². The first kappa shape index (κ1) is 16.5. The van der Waals surface area contributed by atoms with Crippen molar-refractivity contribution in [2.45, 2.75) is 19.8 Å². The van der Waals surface area contributed by atoms with Crippen LogP contribution in [0.3, 0.4) is 0 Å². The van der Waals surface area contributed by atoms with E-state index in [1.54, 1.807) is 0 Å². The summed E-state index contributed by atoms with van der Waals surface area (Å²) in [7, 11) is 3.75. The van der Waals surface area contributed by atoms with E-state index in [2.05, 4.69) is 9.59 Å². The Bertz CT molecular complexity index is 461. The van der Waals surface area contributed by atoms with Crippen LogP contribution in [0.1, 0.15) is 28.7 Å². The van der Waals surface area contributed by atoms with Gasteiger partial charge >= 0.3 is 5.97 Å². The van der Waals surface area contributed by atoms with Gasteiger partial charge in [0.05, 0.1) is 5.69 Å². The molecule has 0 aliphatic rings. The topological polar surface area (TPSA) is 86.6 Å². The van der Waals surface area contributed by atoms with E-state index >= 15 is 0 Å². The van der Waals surface area contributed by atoms with Crippen LogP contribution in [0.25, 0.3) is 0 Å². The van der Waals surface area contributed by atoms with E-state index in [0.29, 0.717) is 30.1 Å². The number of carbonyl (C=O) groups is 2. The van der Waals surface area contributed by atoms with Crippen molar-refractivity contribution in [3.8, 4) is 0 Å². The standard InChI is InChI=1S/C12H20N4O3S/c1-4-5-9-11(20-14-13-9)12(19)16(8-10(17)18)7-6-15(2)3/h4-8H2,1-3H3,(H,17,18). The molecule has 0 saturated carbocycles. The first-order chi connectivity index (χ1) is 9.45. The van der Waals surface area contributed by atoms with Gasteiger partial charge in [0, 0.05) is 13.1 Å². The van der Waals surface area contributed by atoms with Crippen molar-refractivity contribution in [2.75, 3.05) is 33.7 Å². The molecule has 1 aromatic heterocycles. The SMILES string of the molecule is CCCc1nnsc1C(=O)N(CCN(C)C)CC(=O)O. The highest BCUT2D eigenvalue weighted by atomic mass is 32.1. The maximum absolute atomic E-state index is 12.4. The molecule has 1 rings (SSSR count). The summed E-state index contributed by atoms with van der Waals surface area (Å²) >= 11 is 1.03. The summed E-state index contributed by atoms with van der Waals surface area (Å²) in [6, 6.07) is 0. The zero-order valence-electron chi connectivity index (χ0n) is 12.0. The van der Waals surface area contributed by atoms with Crippen molar-refractivity contribution in [1.82, 2.24) is 19.4 Å². The monoisotopic (exact) mass is 300 g/mol. The van der Waals surface area contributed by atoms with Crippen molar-refractivity contribution < 1.29 is 14.7 Å². The van der Waals surface area contributed by atoms with Crippen LogP contribution < -0.4 is 0 Å². The Kier molecular flexibility index (Phi) is 6.53. The highest BCUT2D eigenvalue weighted by Gasteiger charge is 2.23. The summed E-state index contributed by atoms with van der Waals surface area (Å²) in [5.74, 6) is -1.32. The molecule has 0 unspecified atom stereocenters. The van der Waals surface area contributed by atoms with Gasteiger partial charge in [-0.1, -0.05) is 17.8 Å². The predicted molar refractivity (Wildman–Crippen MR) is 76.0 cm³/mol. The number of aliphatic carboxylic acids is 1. The van der Waals surface area contributed by atoms with E-state index in [0.717, 1.165) is 18.0 Å². The molecule has 0 aromatic carbocycles. The molecule has 1 N–H and O–H groups in total.